The number of rotatable bonds is 4. The van der Waals surface area contributed by atoms with Crippen LogP contribution >= 0.6 is 0 Å². The lowest BCUT2D eigenvalue weighted by Crippen LogP contribution is -2.44. The van der Waals surface area contributed by atoms with Crippen molar-refractivity contribution in [2.75, 3.05) is 18.0 Å². The number of fused-ring (bicyclic) bond motifs is 1. The van der Waals surface area contributed by atoms with E-state index in [2.05, 4.69) is 54.0 Å². The van der Waals surface area contributed by atoms with Crippen LogP contribution in [0.3, 0.4) is 0 Å². The molecule has 0 bridgehead atoms. The predicted octanol–water partition coefficient (Wildman–Crippen LogP) is 2.93. The van der Waals surface area contributed by atoms with E-state index in [0.29, 0.717) is 0 Å². The van der Waals surface area contributed by atoms with E-state index < -0.39 is 0 Å². The minimum Gasteiger partial charge on any atom is -0.347 e. The van der Waals surface area contributed by atoms with E-state index in [1.807, 2.05) is 18.6 Å². The lowest BCUT2D eigenvalue weighted by atomic mass is 9.83. The monoisotopic (exact) mass is 402 g/mol. The Morgan fingerprint density at radius 3 is 2.57 bits per heavy atom. The molecule has 0 saturated carbocycles. The van der Waals surface area contributed by atoms with Gasteiger partial charge in [0, 0.05) is 43.8 Å². The van der Waals surface area contributed by atoms with Gasteiger partial charge in [0.05, 0.1) is 18.4 Å². The van der Waals surface area contributed by atoms with E-state index in [-0.39, 0.29) is 23.9 Å². The van der Waals surface area contributed by atoms with Gasteiger partial charge >= 0.3 is 0 Å². The fraction of sp³-hybridized carbons (Fsp3) is 0.391. The Hall–Kier alpha value is -3.22. The second kappa shape index (κ2) is 8.26. The smallest absolute Gasteiger partial charge is 0.225 e. The van der Waals surface area contributed by atoms with Gasteiger partial charge in [-0.3, -0.25) is 4.79 Å². The summed E-state index contributed by atoms with van der Waals surface area (Å²) in [6, 6.07) is 10.4. The van der Waals surface area contributed by atoms with Gasteiger partial charge in [-0.2, -0.15) is 0 Å². The zero-order valence-corrected chi connectivity index (χ0v) is 16.9. The number of imidazole rings is 1. The van der Waals surface area contributed by atoms with Crippen LogP contribution in [0.15, 0.2) is 61.4 Å². The summed E-state index contributed by atoms with van der Waals surface area (Å²) in [4.78, 5) is 28.3. The Balaban J connectivity index is 1.30. The lowest BCUT2D eigenvalue weighted by Gasteiger charge is -2.37. The molecule has 3 heterocycles. The van der Waals surface area contributed by atoms with Crippen LogP contribution < -0.4 is 10.2 Å². The van der Waals surface area contributed by atoms with E-state index in [1.54, 1.807) is 18.6 Å². The highest BCUT2D eigenvalue weighted by atomic mass is 16.2. The van der Waals surface area contributed by atoms with Crippen molar-refractivity contribution < 1.29 is 4.79 Å². The summed E-state index contributed by atoms with van der Waals surface area (Å²) in [7, 11) is 0. The van der Waals surface area contributed by atoms with Gasteiger partial charge in [0.1, 0.15) is 0 Å². The Labute approximate surface area is 176 Å². The molecule has 154 valence electrons. The number of benzene rings is 1. The molecule has 0 radical (unpaired) electrons. The molecule has 1 aliphatic heterocycles. The van der Waals surface area contributed by atoms with Gasteiger partial charge in [-0.15, -0.1) is 0 Å². The fourth-order valence-electron chi connectivity index (χ4n) is 4.77. The Bertz CT molecular complexity index is 982. The van der Waals surface area contributed by atoms with Crippen LogP contribution in [0.25, 0.3) is 0 Å². The first-order valence-corrected chi connectivity index (χ1v) is 10.7. The molecular weight excluding hydrogens is 376 g/mol. The quantitative estimate of drug-likeness (QED) is 0.726. The van der Waals surface area contributed by atoms with E-state index in [0.717, 1.165) is 44.7 Å². The molecule has 3 aromatic rings. The van der Waals surface area contributed by atoms with Gasteiger partial charge in [-0.05, 0) is 42.9 Å². The zero-order chi connectivity index (χ0) is 20.3. The summed E-state index contributed by atoms with van der Waals surface area (Å²) < 4.78 is 2.14. The summed E-state index contributed by atoms with van der Waals surface area (Å²) >= 11 is 0. The van der Waals surface area contributed by atoms with Crippen LogP contribution in [0.1, 0.15) is 42.5 Å². The SMILES string of the molecule is O=C(N[C@H]1c2ccccc2CC[C@@H]1n1ccnc1)C1CCN(c2ncccn2)CC1. The molecule has 1 aliphatic carbocycles. The maximum atomic E-state index is 13.2. The number of nitrogens with one attached hydrogen (secondary N) is 1. The van der Waals surface area contributed by atoms with Gasteiger partial charge in [-0.25, -0.2) is 15.0 Å². The molecule has 5 rings (SSSR count). The Morgan fingerprint density at radius 2 is 1.80 bits per heavy atom. The number of hydrogen-bond donors (Lipinski definition) is 1. The molecule has 2 aromatic heterocycles. The number of aryl methyl sites for hydroxylation is 1. The minimum absolute atomic E-state index is 0.0162. The van der Waals surface area contributed by atoms with Crippen LogP contribution in [0, 0.1) is 5.92 Å². The van der Waals surface area contributed by atoms with Gasteiger partial charge in [0.15, 0.2) is 0 Å². The van der Waals surface area contributed by atoms with Gasteiger partial charge in [0.2, 0.25) is 11.9 Å². The van der Waals surface area contributed by atoms with E-state index in [4.69, 9.17) is 0 Å². The van der Waals surface area contributed by atoms with Crippen molar-refractivity contribution in [1.29, 1.82) is 0 Å². The Morgan fingerprint density at radius 1 is 1.00 bits per heavy atom. The largest absolute Gasteiger partial charge is 0.347 e. The highest BCUT2D eigenvalue weighted by Crippen LogP contribution is 2.38. The highest BCUT2D eigenvalue weighted by Gasteiger charge is 2.34. The highest BCUT2D eigenvalue weighted by molar-refractivity contribution is 5.79. The van der Waals surface area contributed by atoms with Crippen molar-refractivity contribution in [2.45, 2.75) is 37.8 Å². The molecule has 2 aliphatic rings. The first-order chi connectivity index (χ1) is 14.8. The van der Waals surface area contributed by atoms with Gasteiger partial charge < -0.3 is 14.8 Å². The van der Waals surface area contributed by atoms with Crippen LogP contribution in [0.5, 0.6) is 0 Å². The first kappa shape index (κ1) is 18.8. The second-order valence-corrected chi connectivity index (χ2v) is 8.11. The number of hydrogen-bond acceptors (Lipinski definition) is 5. The summed E-state index contributed by atoms with van der Waals surface area (Å²) in [6.07, 6.45) is 12.8. The minimum atomic E-state index is -0.0351. The number of amides is 1. The van der Waals surface area contributed by atoms with Crippen molar-refractivity contribution in [3.8, 4) is 0 Å². The lowest BCUT2D eigenvalue weighted by molar-refractivity contribution is -0.126. The zero-order valence-electron chi connectivity index (χ0n) is 16.9. The summed E-state index contributed by atoms with van der Waals surface area (Å²) in [5.74, 6) is 0.913. The molecule has 1 saturated heterocycles. The summed E-state index contributed by atoms with van der Waals surface area (Å²) in [5.41, 5.74) is 2.56. The molecule has 0 spiro atoms. The summed E-state index contributed by atoms with van der Waals surface area (Å²) in [6.45, 7) is 1.60. The van der Waals surface area contributed by atoms with Crippen LogP contribution in [0.4, 0.5) is 5.95 Å². The third kappa shape index (κ3) is 3.67. The number of aromatic nitrogens is 4. The van der Waals surface area contributed by atoms with Crippen molar-refractivity contribution in [3.63, 3.8) is 0 Å². The van der Waals surface area contributed by atoms with Crippen LogP contribution in [-0.2, 0) is 11.2 Å². The second-order valence-electron chi connectivity index (χ2n) is 8.11. The van der Waals surface area contributed by atoms with E-state index >= 15 is 0 Å². The van der Waals surface area contributed by atoms with Crippen LogP contribution in [0.2, 0.25) is 0 Å². The predicted molar refractivity (Wildman–Crippen MR) is 114 cm³/mol. The molecule has 7 nitrogen and oxygen atoms in total. The molecule has 1 amide bonds. The number of nitrogens with zero attached hydrogens (tertiary/aromatic N) is 5. The van der Waals surface area contributed by atoms with Gasteiger partial charge in [-0.1, -0.05) is 24.3 Å². The molecule has 1 fully saturated rings. The van der Waals surface area contributed by atoms with Crippen molar-refractivity contribution in [1.82, 2.24) is 24.8 Å². The van der Waals surface area contributed by atoms with E-state index in [9.17, 15) is 4.79 Å². The molecule has 2 atom stereocenters. The van der Waals surface area contributed by atoms with E-state index in [1.165, 1.54) is 11.1 Å². The molecule has 1 aromatic carbocycles. The Kier molecular flexibility index (Phi) is 5.17. The first-order valence-electron chi connectivity index (χ1n) is 10.7. The average molecular weight is 403 g/mol. The maximum Gasteiger partial charge on any atom is 0.225 e. The topological polar surface area (TPSA) is 75.9 Å². The molecule has 30 heavy (non-hydrogen) atoms. The van der Waals surface area contributed by atoms with Crippen molar-refractivity contribution in [3.05, 3.63) is 72.6 Å². The average Bonchev–Trinajstić information content (AvgIpc) is 3.35. The third-order valence-corrected chi connectivity index (χ3v) is 6.39. The molecular formula is C23H26N6O. The van der Waals surface area contributed by atoms with Crippen molar-refractivity contribution >= 4 is 11.9 Å². The fourth-order valence-corrected chi connectivity index (χ4v) is 4.77. The normalized spacial score (nSPS) is 21.8. The standard InChI is InChI=1S/C23H26N6O/c30-22(18-8-13-28(14-9-18)23-25-10-3-11-26-23)27-21-19-5-2-1-4-17(19)6-7-20(21)29-15-12-24-16-29/h1-5,10-12,15-16,18,20-21H,6-9,13-14H2,(H,27,30)/t20-,21-/m0/s1. The molecule has 1 N–H and O–H groups in total. The summed E-state index contributed by atoms with van der Waals surface area (Å²) in [5, 5.41) is 3.40. The third-order valence-electron chi connectivity index (χ3n) is 6.39. The maximum absolute atomic E-state index is 13.2. The molecule has 0 unspecified atom stereocenters. The number of anilines is 1. The number of carbonyl (C=O) groups is 1. The number of piperidine rings is 1. The molecule has 7 heteroatoms. The van der Waals surface area contributed by atoms with Crippen molar-refractivity contribution in [2.24, 2.45) is 5.92 Å². The van der Waals surface area contributed by atoms with Crippen LogP contribution in [-0.4, -0.2) is 38.5 Å². The van der Waals surface area contributed by atoms with Gasteiger partial charge in [0.25, 0.3) is 0 Å². The number of carbonyl (C=O) groups excluding carboxylic acids is 1.